The molecule has 0 spiro atoms. The van der Waals surface area contributed by atoms with Crippen LogP contribution >= 0.6 is 11.6 Å². The summed E-state index contributed by atoms with van der Waals surface area (Å²) in [6.45, 7) is 2.79. The van der Waals surface area contributed by atoms with E-state index in [-0.39, 0.29) is 0 Å². The quantitative estimate of drug-likeness (QED) is 0.838. The van der Waals surface area contributed by atoms with Crippen molar-refractivity contribution in [1.29, 1.82) is 0 Å². The number of halogens is 1. The fraction of sp³-hybridized carbons (Fsp3) is 0.400. The summed E-state index contributed by atoms with van der Waals surface area (Å²) in [7, 11) is 3.20. The number of methoxy groups -OCH3 is 2. The first-order valence-electron chi connectivity index (χ1n) is 4.38. The maximum atomic E-state index is 6.05. The fourth-order valence-electron chi connectivity index (χ4n) is 1.18. The highest BCUT2D eigenvalue weighted by molar-refractivity contribution is 6.33. The lowest BCUT2D eigenvalue weighted by atomic mass is 10.2. The largest absolute Gasteiger partial charge is 0.497 e. The van der Waals surface area contributed by atoms with Gasteiger partial charge in [-0.1, -0.05) is 11.6 Å². The third-order valence-electron chi connectivity index (χ3n) is 1.84. The van der Waals surface area contributed by atoms with Crippen molar-refractivity contribution in [2.75, 3.05) is 26.1 Å². The van der Waals surface area contributed by atoms with Crippen molar-refractivity contribution < 1.29 is 9.47 Å². The molecular formula is C10H14ClNO2. The SMILES string of the molecule is CCNc1c(Cl)cc(OC)cc1OC. The number of rotatable bonds is 4. The molecule has 14 heavy (non-hydrogen) atoms. The van der Waals surface area contributed by atoms with Gasteiger partial charge in [-0.25, -0.2) is 0 Å². The molecule has 0 heterocycles. The zero-order chi connectivity index (χ0) is 10.6. The molecule has 1 N–H and O–H groups in total. The number of benzene rings is 1. The van der Waals surface area contributed by atoms with Gasteiger partial charge in [-0.15, -0.1) is 0 Å². The predicted molar refractivity (Wildman–Crippen MR) is 58.7 cm³/mol. The van der Waals surface area contributed by atoms with Gasteiger partial charge in [0, 0.05) is 18.7 Å². The number of ether oxygens (including phenoxy) is 2. The molecule has 0 amide bonds. The van der Waals surface area contributed by atoms with E-state index in [0.717, 1.165) is 12.2 Å². The fourth-order valence-corrected chi connectivity index (χ4v) is 1.45. The van der Waals surface area contributed by atoms with Gasteiger partial charge in [0.05, 0.1) is 24.9 Å². The smallest absolute Gasteiger partial charge is 0.147 e. The van der Waals surface area contributed by atoms with Crippen LogP contribution in [0.4, 0.5) is 5.69 Å². The molecule has 0 unspecified atom stereocenters. The third-order valence-corrected chi connectivity index (χ3v) is 2.13. The van der Waals surface area contributed by atoms with E-state index in [2.05, 4.69) is 5.32 Å². The van der Waals surface area contributed by atoms with Crippen LogP contribution in [0.1, 0.15) is 6.92 Å². The molecule has 0 aliphatic heterocycles. The monoisotopic (exact) mass is 215 g/mol. The summed E-state index contributed by atoms with van der Waals surface area (Å²) in [6.07, 6.45) is 0. The highest BCUT2D eigenvalue weighted by Gasteiger charge is 2.09. The van der Waals surface area contributed by atoms with E-state index < -0.39 is 0 Å². The van der Waals surface area contributed by atoms with E-state index in [4.69, 9.17) is 21.1 Å². The van der Waals surface area contributed by atoms with Crippen molar-refractivity contribution in [3.8, 4) is 11.5 Å². The lowest BCUT2D eigenvalue weighted by molar-refractivity contribution is 0.395. The second kappa shape index (κ2) is 4.96. The minimum Gasteiger partial charge on any atom is -0.497 e. The molecule has 1 aromatic carbocycles. The average molecular weight is 216 g/mol. The van der Waals surface area contributed by atoms with Crippen molar-refractivity contribution >= 4 is 17.3 Å². The Morgan fingerprint density at radius 1 is 1.29 bits per heavy atom. The molecule has 1 aromatic rings. The summed E-state index contributed by atoms with van der Waals surface area (Å²) in [5, 5.41) is 3.73. The zero-order valence-corrected chi connectivity index (χ0v) is 9.31. The molecule has 0 bridgehead atoms. The Morgan fingerprint density at radius 2 is 2.00 bits per heavy atom. The van der Waals surface area contributed by atoms with Crippen LogP contribution in [-0.2, 0) is 0 Å². The van der Waals surface area contributed by atoms with Gasteiger partial charge < -0.3 is 14.8 Å². The van der Waals surface area contributed by atoms with Crippen LogP contribution in [0.5, 0.6) is 11.5 Å². The van der Waals surface area contributed by atoms with Gasteiger partial charge >= 0.3 is 0 Å². The molecule has 0 radical (unpaired) electrons. The van der Waals surface area contributed by atoms with E-state index in [0.29, 0.717) is 16.5 Å². The Bertz CT molecular complexity index is 315. The average Bonchev–Trinajstić information content (AvgIpc) is 2.20. The number of hydrogen-bond donors (Lipinski definition) is 1. The zero-order valence-electron chi connectivity index (χ0n) is 8.56. The summed E-state index contributed by atoms with van der Waals surface area (Å²) in [5.41, 5.74) is 0.803. The highest BCUT2D eigenvalue weighted by Crippen LogP contribution is 2.36. The van der Waals surface area contributed by atoms with Crippen molar-refractivity contribution in [2.24, 2.45) is 0 Å². The number of hydrogen-bond acceptors (Lipinski definition) is 3. The molecule has 0 saturated heterocycles. The van der Waals surface area contributed by atoms with E-state index in [1.807, 2.05) is 6.92 Å². The maximum Gasteiger partial charge on any atom is 0.147 e. The normalized spacial score (nSPS) is 9.71. The van der Waals surface area contributed by atoms with Gasteiger partial charge in [-0.2, -0.15) is 0 Å². The molecule has 78 valence electrons. The van der Waals surface area contributed by atoms with Crippen LogP contribution in [-0.4, -0.2) is 20.8 Å². The van der Waals surface area contributed by atoms with Gasteiger partial charge in [0.1, 0.15) is 11.5 Å². The molecule has 0 atom stereocenters. The van der Waals surface area contributed by atoms with Crippen LogP contribution in [0, 0.1) is 0 Å². The molecule has 3 nitrogen and oxygen atoms in total. The molecular weight excluding hydrogens is 202 g/mol. The van der Waals surface area contributed by atoms with Crippen LogP contribution in [0.15, 0.2) is 12.1 Å². The molecule has 4 heteroatoms. The minimum atomic E-state index is 0.600. The van der Waals surface area contributed by atoms with Crippen molar-refractivity contribution in [1.82, 2.24) is 0 Å². The van der Waals surface area contributed by atoms with Crippen molar-refractivity contribution in [3.05, 3.63) is 17.2 Å². The topological polar surface area (TPSA) is 30.5 Å². The van der Waals surface area contributed by atoms with Crippen LogP contribution in [0.3, 0.4) is 0 Å². The molecule has 0 aliphatic carbocycles. The van der Waals surface area contributed by atoms with Crippen LogP contribution in [0.25, 0.3) is 0 Å². The summed E-state index contributed by atoms with van der Waals surface area (Å²) in [6, 6.07) is 3.55. The summed E-state index contributed by atoms with van der Waals surface area (Å²) in [4.78, 5) is 0. The first-order chi connectivity index (χ1) is 6.72. The molecule has 0 fully saturated rings. The van der Waals surface area contributed by atoms with Gasteiger partial charge in [0.15, 0.2) is 0 Å². The Morgan fingerprint density at radius 3 is 2.50 bits per heavy atom. The van der Waals surface area contributed by atoms with Crippen LogP contribution < -0.4 is 14.8 Å². The predicted octanol–water partition coefficient (Wildman–Crippen LogP) is 2.79. The molecule has 1 rings (SSSR count). The lowest BCUT2D eigenvalue weighted by Gasteiger charge is -2.13. The minimum absolute atomic E-state index is 0.600. The lowest BCUT2D eigenvalue weighted by Crippen LogP contribution is -2.00. The van der Waals surface area contributed by atoms with Crippen molar-refractivity contribution in [2.45, 2.75) is 6.92 Å². The summed E-state index contributed by atoms with van der Waals surface area (Å²) < 4.78 is 10.3. The van der Waals surface area contributed by atoms with E-state index in [1.54, 1.807) is 26.4 Å². The standard InChI is InChI=1S/C10H14ClNO2/c1-4-12-10-8(11)5-7(13-2)6-9(10)14-3/h5-6,12H,4H2,1-3H3. The highest BCUT2D eigenvalue weighted by atomic mass is 35.5. The second-order valence-electron chi connectivity index (χ2n) is 2.72. The van der Waals surface area contributed by atoms with Gasteiger partial charge in [-0.05, 0) is 6.92 Å². The van der Waals surface area contributed by atoms with Gasteiger partial charge in [0.25, 0.3) is 0 Å². The first kappa shape index (κ1) is 11.0. The molecule has 0 aromatic heterocycles. The maximum absolute atomic E-state index is 6.05. The summed E-state index contributed by atoms with van der Waals surface area (Å²) >= 11 is 6.05. The first-order valence-corrected chi connectivity index (χ1v) is 4.76. The number of nitrogens with one attached hydrogen (secondary N) is 1. The molecule has 0 aliphatic rings. The van der Waals surface area contributed by atoms with E-state index in [9.17, 15) is 0 Å². The summed E-state index contributed by atoms with van der Waals surface area (Å²) in [5.74, 6) is 1.38. The van der Waals surface area contributed by atoms with E-state index in [1.165, 1.54) is 0 Å². The Hall–Kier alpha value is -1.09. The van der Waals surface area contributed by atoms with E-state index >= 15 is 0 Å². The second-order valence-corrected chi connectivity index (χ2v) is 3.12. The third kappa shape index (κ3) is 2.23. The van der Waals surface area contributed by atoms with Crippen molar-refractivity contribution in [3.63, 3.8) is 0 Å². The Labute approximate surface area is 89.0 Å². The van der Waals surface area contributed by atoms with Crippen LogP contribution in [0.2, 0.25) is 5.02 Å². The molecule has 0 saturated carbocycles. The Balaban J connectivity index is 3.13. The van der Waals surface area contributed by atoms with Gasteiger partial charge in [-0.3, -0.25) is 0 Å². The Kier molecular flexibility index (Phi) is 3.89. The number of anilines is 1. The van der Waals surface area contributed by atoms with Gasteiger partial charge in [0.2, 0.25) is 0 Å².